The van der Waals surface area contributed by atoms with Gasteiger partial charge in [-0.15, -0.1) is 12.4 Å². The molecule has 146 valence electrons. The van der Waals surface area contributed by atoms with Crippen LogP contribution in [0, 0.1) is 5.92 Å². The second kappa shape index (κ2) is 9.21. The summed E-state index contributed by atoms with van der Waals surface area (Å²) in [5, 5.41) is 2.91. The van der Waals surface area contributed by atoms with Gasteiger partial charge in [0.05, 0.1) is 10.5 Å². The maximum Gasteiger partial charge on any atom is 0.253 e. The van der Waals surface area contributed by atoms with Gasteiger partial charge in [-0.1, -0.05) is 30.3 Å². The number of nitrogens with zero attached hydrogens (tertiary/aromatic N) is 1. The van der Waals surface area contributed by atoms with E-state index in [1.807, 2.05) is 0 Å². The number of carbonyl (C=O) groups excluding carboxylic acids is 1. The summed E-state index contributed by atoms with van der Waals surface area (Å²) in [4.78, 5) is 12.5. The number of carbonyl (C=O) groups is 1. The number of para-hydroxylation sites is 1. The molecular formula is C19H24ClN3O3S. The zero-order valence-corrected chi connectivity index (χ0v) is 16.5. The predicted octanol–water partition coefficient (Wildman–Crippen LogP) is 2.52. The van der Waals surface area contributed by atoms with E-state index >= 15 is 0 Å². The molecule has 1 amide bonds. The van der Waals surface area contributed by atoms with Crippen molar-refractivity contribution in [3.63, 3.8) is 0 Å². The molecule has 27 heavy (non-hydrogen) atoms. The first kappa shape index (κ1) is 21.2. The van der Waals surface area contributed by atoms with Crippen LogP contribution in [-0.4, -0.2) is 38.3 Å². The van der Waals surface area contributed by atoms with Crippen LogP contribution in [0.3, 0.4) is 0 Å². The molecule has 0 bridgehead atoms. The summed E-state index contributed by atoms with van der Waals surface area (Å²) in [5.41, 5.74) is 6.74. The standard InChI is InChI=1S/C19H23N3O3S.ClH/c20-18-9-5-4-8-17(18)19(23)21-14-15-10-12-22(13-11-15)26(24,25)16-6-2-1-3-7-16;/h1-9,15H,10-14,20H2,(H,21,23);1H. The molecule has 2 aromatic rings. The molecule has 0 radical (unpaired) electrons. The number of sulfonamides is 1. The Kier molecular flexibility index (Phi) is 7.24. The Balaban J connectivity index is 0.00000261. The van der Waals surface area contributed by atoms with Gasteiger partial charge in [-0.2, -0.15) is 4.31 Å². The highest BCUT2D eigenvalue weighted by molar-refractivity contribution is 7.89. The highest BCUT2D eigenvalue weighted by Gasteiger charge is 2.29. The van der Waals surface area contributed by atoms with Gasteiger partial charge < -0.3 is 11.1 Å². The molecule has 2 aromatic carbocycles. The third-order valence-corrected chi connectivity index (χ3v) is 6.62. The Morgan fingerprint density at radius 2 is 1.63 bits per heavy atom. The molecule has 0 atom stereocenters. The average molecular weight is 410 g/mol. The summed E-state index contributed by atoms with van der Waals surface area (Å²) in [5.74, 6) is 0.0635. The Morgan fingerprint density at radius 1 is 1.04 bits per heavy atom. The number of nitrogen functional groups attached to an aromatic ring is 1. The fraction of sp³-hybridized carbons (Fsp3) is 0.316. The van der Waals surface area contributed by atoms with Crippen LogP contribution in [0.5, 0.6) is 0 Å². The number of hydrogen-bond donors (Lipinski definition) is 2. The van der Waals surface area contributed by atoms with Crippen molar-refractivity contribution in [3.8, 4) is 0 Å². The molecule has 8 heteroatoms. The van der Waals surface area contributed by atoms with E-state index < -0.39 is 10.0 Å². The first-order chi connectivity index (χ1) is 12.5. The van der Waals surface area contributed by atoms with E-state index in [1.165, 1.54) is 4.31 Å². The monoisotopic (exact) mass is 409 g/mol. The second-order valence-electron chi connectivity index (χ2n) is 6.46. The molecule has 0 aliphatic carbocycles. The highest BCUT2D eigenvalue weighted by Crippen LogP contribution is 2.23. The summed E-state index contributed by atoms with van der Waals surface area (Å²) in [6, 6.07) is 15.4. The van der Waals surface area contributed by atoms with E-state index in [2.05, 4.69) is 5.32 Å². The first-order valence-electron chi connectivity index (χ1n) is 8.66. The predicted molar refractivity (Wildman–Crippen MR) is 108 cm³/mol. The number of halogens is 1. The van der Waals surface area contributed by atoms with Crippen LogP contribution >= 0.6 is 12.4 Å². The Bertz CT molecular complexity index is 867. The zero-order chi connectivity index (χ0) is 18.6. The van der Waals surface area contributed by atoms with Crippen LogP contribution < -0.4 is 11.1 Å². The van der Waals surface area contributed by atoms with E-state index in [0.717, 1.165) is 12.8 Å². The van der Waals surface area contributed by atoms with Crippen molar-refractivity contribution in [1.29, 1.82) is 0 Å². The number of nitrogens with two attached hydrogens (primary N) is 1. The van der Waals surface area contributed by atoms with E-state index in [4.69, 9.17) is 5.73 Å². The highest BCUT2D eigenvalue weighted by atomic mass is 35.5. The lowest BCUT2D eigenvalue weighted by Gasteiger charge is -2.31. The lowest BCUT2D eigenvalue weighted by molar-refractivity contribution is 0.0942. The second-order valence-corrected chi connectivity index (χ2v) is 8.40. The summed E-state index contributed by atoms with van der Waals surface area (Å²) in [6.45, 7) is 1.45. The van der Waals surface area contributed by atoms with Crippen molar-refractivity contribution < 1.29 is 13.2 Å². The van der Waals surface area contributed by atoms with Crippen LogP contribution in [0.4, 0.5) is 5.69 Å². The number of anilines is 1. The molecule has 1 aliphatic rings. The van der Waals surface area contributed by atoms with E-state index in [-0.39, 0.29) is 24.2 Å². The minimum atomic E-state index is -3.44. The number of rotatable bonds is 5. The van der Waals surface area contributed by atoms with Gasteiger partial charge >= 0.3 is 0 Å². The Labute approximate surface area is 166 Å². The van der Waals surface area contributed by atoms with Crippen molar-refractivity contribution >= 4 is 34.0 Å². The number of nitrogens with one attached hydrogen (secondary N) is 1. The molecule has 6 nitrogen and oxygen atoms in total. The summed E-state index contributed by atoms with van der Waals surface area (Å²) in [7, 11) is -3.44. The van der Waals surface area contributed by atoms with Gasteiger partial charge in [-0.3, -0.25) is 4.79 Å². The number of benzene rings is 2. The molecule has 3 rings (SSSR count). The average Bonchev–Trinajstić information content (AvgIpc) is 2.67. The van der Waals surface area contributed by atoms with Gasteiger partial charge in [0.2, 0.25) is 10.0 Å². The number of piperidine rings is 1. The topological polar surface area (TPSA) is 92.5 Å². The van der Waals surface area contributed by atoms with Crippen molar-refractivity contribution in [2.24, 2.45) is 5.92 Å². The number of hydrogen-bond acceptors (Lipinski definition) is 4. The summed E-state index contributed by atoms with van der Waals surface area (Å²) >= 11 is 0. The van der Waals surface area contributed by atoms with Crippen LogP contribution in [0.2, 0.25) is 0 Å². The van der Waals surface area contributed by atoms with Gasteiger partial charge in [-0.25, -0.2) is 8.42 Å². The summed E-state index contributed by atoms with van der Waals surface area (Å²) < 4.78 is 26.8. The number of amides is 1. The first-order valence-corrected chi connectivity index (χ1v) is 10.1. The normalized spacial score (nSPS) is 15.7. The van der Waals surface area contributed by atoms with Gasteiger partial charge in [0, 0.05) is 25.3 Å². The van der Waals surface area contributed by atoms with Gasteiger partial charge in [-0.05, 0) is 43.0 Å². The molecule has 0 saturated carbocycles. The molecule has 3 N–H and O–H groups in total. The molecule has 0 aromatic heterocycles. The molecule has 1 saturated heterocycles. The molecule has 1 fully saturated rings. The maximum atomic E-state index is 12.6. The van der Waals surface area contributed by atoms with Crippen LogP contribution in [-0.2, 0) is 10.0 Å². The van der Waals surface area contributed by atoms with E-state index in [0.29, 0.717) is 35.8 Å². The van der Waals surface area contributed by atoms with Crippen molar-refractivity contribution in [2.45, 2.75) is 17.7 Å². The minimum Gasteiger partial charge on any atom is -0.398 e. The fourth-order valence-corrected chi connectivity index (χ4v) is 4.62. The van der Waals surface area contributed by atoms with E-state index in [1.54, 1.807) is 54.6 Å². The quantitative estimate of drug-likeness (QED) is 0.742. The Hall–Kier alpha value is -2.09. The van der Waals surface area contributed by atoms with E-state index in [9.17, 15) is 13.2 Å². The summed E-state index contributed by atoms with van der Waals surface area (Å²) in [6.07, 6.45) is 1.44. The van der Waals surface area contributed by atoms with Crippen LogP contribution in [0.25, 0.3) is 0 Å². The Morgan fingerprint density at radius 3 is 2.26 bits per heavy atom. The third-order valence-electron chi connectivity index (χ3n) is 4.71. The van der Waals surface area contributed by atoms with Crippen molar-refractivity contribution in [2.75, 3.05) is 25.4 Å². The molecule has 0 spiro atoms. The molecule has 0 unspecified atom stereocenters. The zero-order valence-electron chi connectivity index (χ0n) is 14.9. The lowest BCUT2D eigenvalue weighted by Crippen LogP contribution is -2.41. The molecule has 1 heterocycles. The van der Waals surface area contributed by atoms with Gasteiger partial charge in [0.1, 0.15) is 0 Å². The largest absolute Gasteiger partial charge is 0.398 e. The van der Waals surface area contributed by atoms with Gasteiger partial charge in [0.15, 0.2) is 0 Å². The SMILES string of the molecule is Cl.Nc1ccccc1C(=O)NCC1CCN(S(=O)(=O)c2ccccc2)CC1. The molecule has 1 aliphatic heterocycles. The fourth-order valence-electron chi connectivity index (χ4n) is 3.13. The minimum absolute atomic E-state index is 0. The smallest absolute Gasteiger partial charge is 0.253 e. The maximum absolute atomic E-state index is 12.6. The van der Waals surface area contributed by atoms with Crippen LogP contribution in [0.1, 0.15) is 23.2 Å². The van der Waals surface area contributed by atoms with Crippen LogP contribution in [0.15, 0.2) is 59.5 Å². The van der Waals surface area contributed by atoms with Crippen molar-refractivity contribution in [1.82, 2.24) is 9.62 Å². The third kappa shape index (κ3) is 5.00. The van der Waals surface area contributed by atoms with Crippen molar-refractivity contribution in [3.05, 3.63) is 60.2 Å². The van der Waals surface area contributed by atoms with Gasteiger partial charge in [0.25, 0.3) is 5.91 Å². The lowest BCUT2D eigenvalue weighted by atomic mass is 9.98. The molecular weight excluding hydrogens is 386 g/mol.